The fourth-order valence-corrected chi connectivity index (χ4v) is 2.59. The summed E-state index contributed by atoms with van der Waals surface area (Å²) in [5, 5.41) is 6.76. The van der Waals surface area contributed by atoms with E-state index in [1.54, 1.807) is 0 Å². The third-order valence-electron chi connectivity index (χ3n) is 3.95. The summed E-state index contributed by atoms with van der Waals surface area (Å²) in [4.78, 5) is 7.01. The van der Waals surface area contributed by atoms with Gasteiger partial charge in [0.2, 0.25) is 0 Å². The zero-order valence-electron chi connectivity index (χ0n) is 14.2. The van der Waals surface area contributed by atoms with Crippen LogP contribution in [0.1, 0.15) is 39.5 Å². The van der Waals surface area contributed by atoms with Crippen molar-refractivity contribution in [2.24, 2.45) is 10.9 Å². The molecule has 0 amide bonds. The van der Waals surface area contributed by atoms with Gasteiger partial charge in [-0.25, -0.2) is 0 Å². The number of hydrogen-bond acceptors (Lipinski definition) is 3. The van der Waals surface area contributed by atoms with Crippen molar-refractivity contribution in [2.45, 2.75) is 39.5 Å². The van der Waals surface area contributed by atoms with Gasteiger partial charge in [-0.05, 0) is 65.6 Å². The highest BCUT2D eigenvalue weighted by Crippen LogP contribution is 2.18. The Labute approximate surface area is 130 Å². The fourth-order valence-electron chi connectivity index (χ4n) is 2.59. The molecule has 0 aromatic heterocycles. The Balaban J connectivity index is 2.16. The lowest BCUT2D eigenvalue weighted by Crippen LogP contribution is -2.39. The second kappa shape index (κ2) is 11.8. The molecule has 1 aliphatic rings. The molecule has 1 aliphatic heterocycles. The van der Waals surface area contributed by atoms with Gasteiger partial charge in [0.05, 0.1) is 0 Å². The van der Waals surface area contributed by atoms with Crippen LogP contribution < -0.4 is 10.6 Å². The van der Waals surface area contributed by atoms with E-state index in [0.29, 0.717) is 0 Å². The molecule has 21 heavy (non-hydrogen) atoms. The molecule has 0 spiro atoms. The molecule has 0 aromatic carbocycles. The van der Waals surface area contributed by atoms with Crippen LogP contribution in [0, 0.1) is 5.92 Å². The number of rotatable bonds is 9. The maximum absolute atomic E-state index is 5.33. The van der Waals surface area contributed by atoms with E-state index in [1.807, 2.05) is 6.92 Å². The summed E-state index contributed by atoms with van der Waals surface area (Å²) in [6, 6.07) is 0. The summed E-state index contributed by atoms with van der Waals surface area (Å²) in [7, 11) is 2.21. The number of nitrogens with one attached hydrogen (secondary N) is 2. The molecule has 1 heterocycles. The van der Waals surface area contributed by atoms with Gasteiger partial charge in [0.1, 0.15) is 0 Å². The summed E-state index contributed by atoms with van der Waals surface area (Å²) < 4.78 is 5.33. The van der Waals surface area contributed by atoms with E-state index in [1.165, 1.54) is 32.4 Å². The van der Waals surface area contributed by atoms with Crippen molar-refractivity contribution in [2.75, 3.05) is 53.0 Å². The Morgan fingerprint density at radius 1 is 1.24 bits per heavy atom. The summed E-state index contributed by atoms with van der Waals surface area (Å²) in [5.41, 5.74) is 0. The Morgan fingerprint density at radius 3 is 2.67 bits per heavy atom. The molecule has 0 bridgehead atoms. The number of hydrogen-bond donors (Lipinski definition) is 2. The molecular formula is C16H34N4O. The van der Waals surface area contributed by atoms with Crippen molar-refractivity contribution >= 4 is 5.96 Å². The van der Waals surface area contributed by atoms with E-state index in [2.05, 4.69) is 34.5 Å². The van der Waals surface area contributed by atoms with Crippen molar-refractivity contribution in [3.63, 3.8) is 0 Å². The Morgan fingerprint density at radius 2 is 2.00 bits per heavy atom. The minimum atomic E-state index is 0.790. The predicted molar refractivity (Wildman–Crippen MR) is 89.9 cm³/mol. The first-order chi connectivity index (χ1) is 10.3. The minimum Gasteiger partial charge on any atom is -0.382 e. The predicted octanol–water partition coefficient (Wildman–Crippen LogP) is 1.70. The normalized spacial score (nSPS) is 18.0. The lowest BCUT2D eigenvalue weighted by Gasteiger charge is -2.29. The van der Waals surface area contributed by atoms with Crippen LogP contribution in [0.15, 0.2) is 4.99 Å². The van der Waals surface area contributed by atoms with Crippen molar-refractivity contribution in [3.8, 4) is 0 Å². The van der Waals surface area contributed by atoms with Gasteiger partial charge in [-0.1, -0.05) is 0 Å². The molecule has 2 N–H and O–H groups in total. The maximum atomic E-state index is 5.33. The van der Waals surface area contributed by atoms with Crippen LogP contribution in [-0.2, 0) is 4.74 Å². The maximum Gasteiger partial charge on any atom is 0.191 e. The Bertz CT molecular complexity index is 275. The molecule has 0 radical (unpaired) electrons. The van der Waals surface area contributed by atoms with Crippen LogP contribution in [0.3, 0.4) is 0 Å². The van der Waals surface area contributed by atoms with Crippen LogP contribution in [-0.4, -0.2) is 63.8 Å². The van der Waals surface area contributed by atoms with Crippen LogP contribution in [0.25, 0.3) is 0 Å². The van der Waals surface area contributed by atoms with E-state index in [-0.39, 0.29) is 0 Å². The molecule has 1 saturated heterocycles. The number of aliphatic imine (C=N–C) groups is 1. The molecule has 1 fully saturated rings. The van der Waals surface area contributed by atoms with Crippen molar-refractivity contribution < 1.29 is 4.74 Å². The van der Waals surface area contributed by atoms with Crippen molar-refractivity contribution in [3.05, 3.63) is 0 Å². The summed E-state index contributed by atoms with van der Waals surface area (Å²) >= 11 is 0. The van der Waals surface area contributed by atoms with Gasteiger partial charge in [-0.3, -0.25) is 4.99 Å². The van der Waals surface area contributed by atoms with E-state index in [4.69, 9.17) is 4.74 Å². The first kappa shape index (κ1) is 18.2. The lowest BCUT2D eigenvalue weighted by atomic mass is 9.94. The van der Waals surface area contributed by atoms with Gasteiger partial charge in [0.15, 0.2) is 5.96 Å². The summed E-state index contributed by atoms with van der Waals surface area (Å²) in [6.07, 6.45) is 4.90. The van der Waals surface area contributed by atoms with E-state index >= 15 is 0 Å². The van der Waals surface area contributed by atoms with Crippen LogP contribution in [0.5, 0.6) is 0 Å². The van der Waals surface area contributed by atoms with Gasteiger partial charge in [-0.15, -0.1) is 0 Å². The minimum absolute atomic E-state index is 0.790. The highest BCUT2D eigenvalue weighted by atomic mass is 16.5. The van der Waals surface area contributed by atoms with E-state index in [0.717, 1.165) is 51.1 Å². The number of nitrogens with zero attached hydrogens (tertiary/aromatic N) is 2. The number of guanidine groups is 1. The smallest absolute Gasteiger partial charge is 0.191 e. The number of piperidine rings is 1. The first-order valence-corrected chi connectivity index (χ1v) is 8.54. The molecule has 0 aliphatic carbocycles. The largest absolute Gasteiger partial charge is 0.382 e. The summed E-state index contributed by atoms with van der Waals surface area (Å²) in [5.74, 6) is 1.82. The van der Waals surface area contributed by atoms with Crippen LogP contribution in [0.2, 0.25) is 0 Å². The Kier molecular flexibility index (Phi) is 10.3. The molecule has 5 nitrogen and oxygen atoms in total. The van der Waals surface area contributed by atoms with E-state index in [9.17, 15) is 0 Å². The van der Waals surface area contributed by atoms with Crippen molar-refractivity contribution in [1.82, 2.24) is 15.5 Å². The molecule has 0 aromatic rings. The SMILES string of the molecule is CCNC(=NCCCOCC)NCCC1CCN(C)CC1. The zero-order valence-corrected chi connectivity index (χ0v) is 14.2. The van der Waals surface area contributed by atoms with Crippen LogP contribution in [0.4, 0.5) is 0 Å². The second-order valence-electron chi connectivity index (χ2n) is 5.77. The molecule has 1 rings (SSSR count). The topological polar surface area (TPSA) is 48.9 Å². The van der Waals surface area contributed by atoms with Gasteiger partial charge >= 0.3 is 0 Å². The molecular weight excluding hydrogens is 264 g/mol. The number of ether oxygens (including phenoxy) is 1. The molecule has 5 heteroatoms. The monoisotopic (exact) mass is 298 g/mol. The van der Waals surface area contributed by atoms with Gasteiger partial charge in [-0.2, -0.15) is 0 Å². The standard InChI is InChI=1S/C16H34N4O/c1-4-17-16(18-10-6-14-21-5-2)19-11-7-15-8-12-20(3)13-9-15/h15H,4-14H2,1-3H3,(H2,17,18,19). The highest BCUT2D eigenvalue weighted by Gasteiger charge is 2.16. The third-order valence-corrected chi connectivity index (χ3v) is 3.95. The summed E-state index contributed by atoms with van der Waals surface area (Å²) in [6.45, 7) is 11.0. The number of likely N-dealkylation sites (tertiary alicyclic amines) is 1. The molecule has 0 unspecified atom stereocenters. The first-order valence-electron chi connectivity index (χ1n) is 8.54. The quantitative estimate of drug-likeness (QED) is 0.386. The third kappa shape index (κ3) is 8.94. The Hall–Kier alpha value is -0.810. The molecule has 0 saturated carbocycles. The fraction of sp³-hybridized carbons (Fsp3) is 0.938. The van der Waals surface area contributed by atoms with Crippen molar-refractivity contribution in [1.29, 1.82) is 0 Å². The average molecular weight is 298 g/mol. The van der Waals surface area contributed by atoms with Gasteiger partial charge in [0, 0.05) is 32.8 Å². The molecule has 0 atom stereocenters. The van der Waals surface area contributed by atoms with E-state index < -0.39 is 0 Å². The zero-order chi connectivity index (χ0) is 15.3. The average Bonchev–Trinajstić information content (AvgIpc) is 2.49. The van der Waals surface area contributed by atoms with Gasteiger partial charge in [0.25, 0.3) is 0 Å². The highest BCUT2D eigenvalue weighted by molar-refractivity contribution is 5.79. The molecule has 124 valence electrons. The second-order valence-corrected chi connectivity index (χ2v) is 5.77. The lowest BCUT2D eigenvalue weighted by molar-refractivity contribution is 0.146. The van der Waals surface area contributed by atoms with Gasteiger partial charge < -0.3 is 20.3 Å². The van der Waals surface area contributed by atoms with Crippen LogP contribution >= 0.6 is 0 Å².